The maximum atomic E-state index is 7.94. The van der Waals surface area contributed by atoms with Gasteiger partial charge in [-0.05, 0) is 0 Å². The molecule has 4 heavy (non-hydrogen) atoms. The van der Waals surface area contributed by atoms with E-state index in [4.69, 9.17) is 3.87 Å². The third-order valence-electron chi connectivity index (χ3n) is 0. The molecule has 0 saturated carbocycles. The fourth-order valence-corrected chi connectivity index (χ4v) is 0. The summed E-state index contributed by atoms with van der Waals surface area (Å²) in [6, 6.07) is 0. The van der Waals surface area contributed by atoms with Crippen molar-refractivity contribution in [3.05, 3.63) is 0 Å². The molecule has 0 N–H and O–H groups in total. The third kappa shape index (κ3) is 8.91. The van der Waals surface area contributed by atoms with Crippen LogP contribution in [0.5, 0.6) is 0 Å². The van der Waals surface area contributed by atoms with Crippen LogP contribution < -0.4 is 0 Å². The molecule has 0 aromatic heterocycles. The molecule has 0 bridgehead atoms. The Labute approximate surface area is 101 Å². The molecule has 0 heterocycles. The molecule has 0 aromatic carbocycles. The van der Waals surface area contributed by atoms with Gasteiger partial charge in [-0.25, -0.2) is 0 Å². The van der Waals surface area contributed by atoms with E-state index >= 15 is 0 Å². The van der Waals surface area contributed by atoms with E-state index in [2.05, 4.69) is 15.7 Å². The van der Waals surface area contributed by atoms with Gasteiger partial charge >= 0.3 is 68.4 Å². The van der Waals surface area contributed by atoms with Crippen LogP contribution in [0.2, 0.25) is 0 Å². The van der Waals surface area contributed by atoms with Crippen molar-refractivity contribution < 1.29 is 55.1 Å². The molecule has 0 aromatic rings. The summed E-state index contributed by atoms with van der Waals surface area (Å²) in [5.74, 6) is 0. The number of rotatable bonds is 0. The first-order valence-electron chi connectivity index (χ1n) is 0.136. The predicted molar refractivity (Wildman–Crippen MR) is 9.23 cm³/mol. The van der Waals surface area contributed by atoms with Gasteiger partial charge in [0.15, 0.2) is 0 Å². The third-order valence-corrected chi connectivity index (χ3v) is 0. The molecule has 0 spiro atoms. The van der Waals surface area contributed by atoms with E-state index in [1.807, 2.05) is 0 Å². The van der Waals surface area contributed by atoms with E-state index in [1.54, 1.807) is 0 Å². The summed E-state index contributed by atoms with van der Waals surface area (Å²) in [5, 5.41) is 0. The van der Waals surface area contributed by atoms with Crippen LogP contribution in [0.3, 0.4) is 0 Å². The standard InChI is InChI=1S/Ba.Co.La.O.2H. The topological polar surface area (TPSA) is 17.1 Å². The van der Waals surface area contributed by atoms with Crippen LogP contribution in [0.4, 0.5) is 0 Å². The van der Waals surface area contributed by atoms with Crippen LogP contribution in [-0.2, 0) is 19.5 Å². The maximum absolute atomic E-state index is 7.94. The van der Waals surface area contributed by atoms with Crippen LogP contribution in [0.15, 0.2) is 0 Å². The van der Waals surface area contributed by atoms with Gasteiger partial charge in [0.05, 0.1) is 0 Å². The van der Waals surface area contributed by atoms with Crippen molar-refractivity contribution in [2.24, 2.45) is 0 Å². The summed E-state index contributed by atoms with van der Waals surface area (Å²) < 4.78 is 7.94. The molecule has 0 aliphatic carbocycles. The summed E-state index contributed by atoms with van der Waals surface area (Å²) in [5.41, 5.74) is 0. The van der Waals surface area contributed by atoms with Gasteiger partial charge in [0.25, 0.3) is 0 Å². The molecule has 0 unspecified atom stereocenters. The first kappa shape index (κ1) is 15.7. The normalized spacial score (nSPS) is 1.25. The summed E-state index contributed by atoms with van der Waals surface area (Å²) in [4.78, 5) is 0. The monoisotopic (exact) mass is 354 g/mol. The Morgan fingerprint density at radius 2 is 1.25 bits per heavy atom. The zero-order valence-electron chi connectivity index (χ0n) is 1.32. The van der Waals surface area contributed by atoms with Crippen molar-refractivity contribution in [2.45, 2.75) is 0 Å². The van der Waals surface area contributed by atoms with Gasteiger partial charge in [0, 0.05) is 35.6 Å². The van der Waals surface area contributed by atoms with Gasteiger partial charge in [-0.2, -0.15) is 0 Å². The molecule has 0 rings (SSSR count). The van der Waals surface area contributed by atoms with Gasteiger partial charge in [0.2, 0.25) is 0 Å². The first-order chi connectivity index (χ1) is 1.00. The molecule has 4 heteroatoms. The van der Waals surface area contributed by atoms with Crippen LogP contribution in [0, 0.1) is 35.6 Å². The van der Waals surface area contributed by atoms with Gasteiger partial charge < -0.3 is 0 Å². The molecule has 1 radical (unpaired) electrons. The van der Waals surface area contributed by atoms with Crippen molar-refractivity contribution in [1.29, 1.82) is 0 Å². The summed E-state index contributed by atoms with van der Waals surface area (Å²) in [6.45, 7) is 0. The Bertz CT molecular complexity index is 8.00. The molecule has 0 aliphatic heterocycles. The van der Waals surface area contributed by atoms with E-state index in [-0.39, 0.29) is 84.5 Å². The number of hydrogen-bond acceptors (Lipinski definition) is 1. The Hall–Kier alpha value is 3.07. The van der Waals surface area contributed by atoms with E-state index in [0.717, 1.165) is 0 Å². The van der Waals surface area contributed by atoms with Gasteiger partial charge in [-0.1, -0.05) is 0 Å². The molecule has 22 valence electrons. The molecule has 0 amide bonds. The van der Waals surface area contributed by atoms with Crippen molar-refractivity contribution >= 4 is 48.9 Å². The SMILES string of the molecule is [BaH2].[La].[O]=[Co]. The van der Waals surface area contributed by atoms with Crippen molar-refractivity contribution in [3.63, 3.8) is 0 Å². The molecule has 0 atom stereocenters. The van der Waals surface area contributed by atoms with Crippen LogP contribution >= 0.6 is 0 Å². The van der Waals surface area contributed by atoms with Crippen LogP contribution in [0.1, 0.15) is 0 Å². The fraction of sp³-hybridized carbons (Fsp3) is 0. The molecular weight excluding hydrogens is 351 g/mol. The Morgan fingerprint density at radius 3 is 1.25 bits per heavy atom. The van der Waals surface area contributed by atoms with E-state index < -0.39 is 0 Å². The summed E-state index contributed by atoms with van der Waals surface area (Å²) >= 11 is 2.31. The van der Waals surface area contributed by atoms with Gasteiger partial charge in [-0.3, -0.25) is 0 Å². The zero-order valence-corrected chi connectivity index (χ0v) is 5.99. The van der Waals surface area contributed by atoms with Gasteiger partial charge in [0.1, 0.15) is 0 Å². The molecular formula is H2BaCoLaO. The van der Waals surface area contributed by atoms with Crippen molar-refractivity contribution in [3.8, 4) is 0 Å². The minimum absolute atomic E-state index is 0. The summed E-state index contributed by atoms with van der Waals surface area (Å²) in [7, 11) is 0. The van der Waals surface area contributed by atoms with Gasteiger partial charge in [-0.15, -0.1) is 0 Å². The Balaban J connectivity index is -0.00000000500. The molecule has 0 fully saturated rings. The van der Waals surface area contributed by atoms with E-state index in [1.165, 1.54) is 0 Å². The quantitative estimate of drug-likeness (QED) is 0.509. The second-order valence-electron chi connectivity index (χ2n) is 0. The van der Waals surface area contributed by atoms with Crippen LogP contribution in [0.25, 0.3) is 0 Å². The molecule has 0 aliphatic rings. The molecule has 1 nitrogen and oxygen atoms in total. The Morgan fingerprint density at radius 1 is 1.25 bits per heavy atom. The van der Waals surface area contributed by atoms with E-state index in [0.29, 0.717) is 0 Å². The fourth-order valence-electron chi connectivity index (χ4n) is 0. The van der Waals surface area contributed by atoms with E-state index in [9.17, 15) is 0 Å². The first-order valence-corrected chi connectivity index (χ1v) is 0.561. The summed E-state index contributed by atoms with van der Waals surface area (Å²) in [6.07, 6.45) is 0. The second kappa shape index (κ2) is 16.6. The zero-order chi connectivity index (χ0) is 2.00. The van der Waals surface area contributed by atoms with Crippen molar-refractivity contribution in [2.75, 3.05) is 0 Å². The Kier molecular flexibility index (Phi) is 65.1. The predicted octanol–water partition coefficient (Wildman–Crippen LogP) is -1.04. The second-order valence-corrected chi connectivity index (χ2v) is 0. The van der Waals surface area contributed by atoms with Crippen LogP contribution in [-0.4, -0.2) is 48.9 Å². The van der Waals surface area contributed by atoms with Crippen molar-refractivity contribution in [1.82, 2.24) is 0 Å². The average Bonchev–Trinajstić information content (AvgIpc) is 1.00. The average molecular weight is 353 g/mol. The minimum atomic E-state index is 0. The number of hydrogen-bond donors (Lipinski definition) is 0. The molecule has 0 saturated heterocycles.